The lowest BCUT2D eigenvalue weighted by Crippen LogP contribution is -2.38. The Labute approximate surface area is 115 Å². The van der Waals surface area contributed by atoms with Gasteiger partial charge >= 0.3 is 0 Å². The third-order valence-corrected chi connectivity index (χ3v) is 4.93. The summed E-state index contributed by atoms with van der Waals surface area (Å²) in [6.45, 7) is 0.645. The average Bonchev–Trinajstić information content (AvgIpc) is 2.96. The molecule has 0 aromatic carbocycles. The number of nitrogens with one attached hydrogen (secondary N) is 1. The van der Waals surface area contributed by atoms with Crippen molar-refractivity contribution in [1.82, 2.24) is 5.32 Å². The molecule has 2 rings (SSSR count). The van der Waals surface area contributed by atoms with Crippen LogP contribution in [-0.2, 0) is 9.53 Å². The van der Waals surface area contributed by atoms with Crippen molar-refractivity contribution >= 4 is 17.5 Å². The Morgan fingerprint density at radius 1 is 1.44 bits per heavy atom. The standard InChI is InChI=1S/C14H24ClNO2/c1-18-5-4-13(9-15)16-14(17)8-12-7-10-2-3-11(12)6-10/h10-13H,2-9H2,1H3,(H,16,17). The summed E-state index contributed by atoms with van der Waals surface area (Å²) >= 11 is 5.86. The molecule has 4 heteroatoms. The summed E-state index contributed by atoms with van der Waals surface area (Å²) in [5.74, 6) is 2.99. The molecule has 0 spiro atoms. The summed E-state index contributed by atoms with van der Waals surface area (Å²) in [6, 6.07) is 0.0534. The van der Waals surface area contributed by atoms with E-state index >= 15 is 0 Å². The lowest BCUT2D eigenvalue weighted by molar-refractivity contribution is -0.123. The van der Waals surface area contributed by atoms with Crippen molar-refractivity contribution in [1.29, 1.82) is 0 Å². The van der Waals surface area contributed by atoms with Crippen molar-refractivity contribution in [2.24, 2.45) is 17.8 Å². The second kappa shape index (κ2) is 6.76. The maximum Gasteiger partial charge on any atom is 0.220 e. The van der Waals surface area contributed by atoms with Gasteiger partial charge in [0.25, 0.3) is 0 Å². The summed E-state index contributed by atoms with van der Waals surface area (Å²) < 4.78 is 5.02. The second-order valence-electron chi connectivity index (χ2n) is 5.84. The van der Waals surface area contributed by atoms with Crippen molar-refractivity contribution in [3.63, 3.8) is 0 Å². The fourth-order valence-corrected chi connectivity index (χ4v) is 3.83. The summed E-state index contributed by atoms with van der Waals surface area (Å²) in [7, 11) is 1.67. The number of hydrogen-bond donors (Lipinski definition) is 1. The molecule has 4 unspecified atom stereocenters. The van der Waals surface area contributed by atoms with Gasteiger partial charge in [-0.2, -0.15) is 0 Å². The summed E-state index contributed by atoms with van der Waals surface area (Å²) in [4.78, 5) is 12.0. The minimum absolute atomic E-state index is 0.0534. The number of methoxy groups -OCH3 is 1. The molecule has 0 aromatic heterocycles. The smallest absolute Gasteiger partial charge is 0.220 e. The first-order valence-corrected chi connectivity index (χ1v) is 7.60. The number of carbonyl (C=O) groups excluding carboxylic acids is 1. The topological polar surface area (TPSA) is 38.3 Å². The van der Waals surface area contributed by atoms with Crippen molar-refractivity contribution in [2.75, 3.05) is 19.6 Å². The highest BCUT2D eigenvalue weighted by molar-refractivity contribution is 6.18. The number of carbonyl (C=O) groups is 1. The van der Waals surface area contributed by atoms with E-state index in [0.29, 0.717) is 24.8 Å². The molecule has 0 saturated heterocycles. The van der Waals surface area contributed by atoms with E-state index in [1.807, 2.05) is 0 Å². The van der Waals surface area contributed by atoms with E-state index in [0.717, 1.165) is 18.3 Å². The summed E-state index contributed by atoms with van der Waals surface area (Å²) in [5.41, 5.74) is 0. The largest absolute Gasteiger partial charge is 0.385 e. The van der Waals surface area contributed by atoms with Crippen LogP contribution in [-0.4, -0.2) is 31.5 Å². The molecule has 2 saturated carbocycles. The minimum Gasteiger partial charge on any atom is -0.385 e. The molecule has 2 aliphatic carbocycles. The number of hydrogen-bond acceptors (Lipinski definition) is 2. The first-order chi connectivity index (χ1) is 8.72. The second-order valence-corrected chi connectivity index (χ2v) is 6.15. The Morgan fingerprint density at radius 3 is 2.83 bits per heavy atom. The van der Waals surface area contributed by atoms with Gasteiger partial charge in [0.05, 0.1) is 0 Å². The van der Waals surface area contributed by atoms with Gasteiger partial charge in [-0.05, 0) is 43.4 Å². The number of rotatable bonds is 7. The third kappa shape index (κ3) is 3.61. The van der Waals surface area contributed by atoms with Crippen LogP contribution < -0.4 is 5.32 Å². The SMILES string of the molecule is COCCC(CCl)NC(=O)CC1CC2CCC1C2. The quantitative estimate of drug-likeness (QED) is 0.724. The van der Waals surface area contributed by atoms with Crippen molar-refractivity contribution in [2.45, 2.75) is 44.6 Å². The Bertz CT molecular complexity index is 285. The Hall–Kier alpha value is -0.280. The fraction of sp³-hybridized carbons (Fsp3) is 0.929. The van der Waals surface area contributed by atoms with E-state index in [9.17, 15) is 4.79 Å². The van der Waals surface area contributed by atoms with Gasteiger partial charge in [-0.15, -0.1) is 11.6 Å². The van der Waals surface area contributed by atoms with Gasteiger partial charge in [-0.1, -0.05) is 6.42 Å². The third-order valence-electron chi connectivity index (χ3n) is 4.55. The molecule has 3 nitrogen and oxygen atoms in total. The Kier molecular flexibility index (Phi) is 5.31. The highest BCUT2D eigenvalue weighted by Gasteiger charge is 2.40. The molecule has 1 amide bonds. The highest BCUT2D eigenvalue weighted by Crippen LogP contribution is 2.49. The summed E-state index contributed by atoms with van der Waals surface area (Å²) in [5, 5.41) is 3.04. The molecule has 2 bridgehead atoms. The van der Waals surface area contributed by atoms with Crippen LogP contribution in [0.5, 0.6) is 0 Å². The van der Waals surface area contributed by atoms with Crippen LogP contribution in [0.1, 0.15) is 38.5 Å². The molecule has 0 radical (unpaired) electrons. The minimum atomic E-state index is 0.0534. The van der Waals surface area contributed by atoms with E-state index in [2.05, 4.69) is 5.32 Å². The van der Waals surface area contributed by atoms with Gasteiger partial charge in [0.15, 0.2) is 0 Å². The van der Waals surface area contributed by atoms with Crippen LogP contribution >= 0.6 is 11.6 Å². The number of alkyl halides is 1. The van der Waals surface area contributed by atoms with Crippen LogP contribution in [0, 0.1) is 17.8 Å². The number of fused-ring (bicyclic) bond motifs is 2. The van der Waals surface area contributed by atoms with Crippen LogP contribution in [0.4, 0.5) is 0 Å². The molecule has 0 heterocycles. The van der Waals surface area contributed by atoms with Crippen LogP contribution in [0.3, 0.4) is 0 Å². The first kappa shape index (κ1) is 14.1. The molecule has 2 aliphatic rings. The van der Waals surface area contributed by atoms with Gasteiger partial charge in [-0.3, -0.25) is 4.79 Å². The predicted molar refractivity (Wildman–Crippen MR) is 72.7 cm³/mol. The monoisotopic (exact) mass is 273 g/mol. The lowest BCUT2D eigenvalue weighted by Gasteiger charge is -2.22. The van der Waals surface area contributed by atoms with Crippen LogP contribution in [0.2, 0.25) is 0 Å². The molecule has 0 aliphatic heterocycles. The van der Waals surface area contributed by atoms with E-state index in [1.165, 1.54) is 25.7 Å². The van der Waals surface area contributed by atoms with E-state index in [-0.39, 0.29) is 11.9 Å². The van der Waals surface area contributed by atoms with Crippen molar-refractivity contribution in [3.05, 3.63) is 0 Å². The predicted octanol–water partition coefficient (Wildman–Crippen LogP) is 2.57. The molecular formula is C14H24ClNO2. The zero-order valence-electron chi connectivity index (χ0n) is 11.2. The molecule has 4 atom stereocenters. The van der Waals surface area contributed by atoms with Crippen molar-refractivity contribution < 1.29 is 9.53 Å². The van der Waals surface area contributed by atoms with E-state index < -0.39 is 0 Å². The number of ether oxygens (including phenoxy) is 1. The molecular weight excluding hydrogens is 250 g/mol. The zero-order chi connectivity index (χ0) is 13.0. The summed E-state index contributed by atoms with van der Waals surface area (Å²) in [6.07, 6.45) is 6.85. The number of halogens is 1. The highest BCUT2D eigenvalue weighted by atomic mass is 35.5. The number of amides is 1. The normalized spacial score (nSPS) is 31.6. The van der Waals surface area contributed by atoms with Gasteiger partial charge in [0.2, 0.25) is 5.91 Å². The van der Waals surface area contributed by atoms with Crippen LogP contribution in [0.15, 0.2) is 0 Å². The average molecular weight is 274 g/mol. The fourth-order valence-electron chi connectivity index (χ4n) is 3.60. The van der Waals surface area contributed by atoms with Crippen molar-refractivity contribution in [3.8, 4) is 0 Å². The first-order valence-electron chi connectivity index (χ1n) is 7.07. The molecule has 104 valence electrons. The molecule has 1 N–H and O–H groups in total. The zero-order valence-corrected chi connectivity index (χ0v) is 11.9. The van der Waals surface area contributed by atoms with E-state index in [4.69, 9.17) is 16.3 Å². The van der Waals surface area contributed by atoms with Gasteiger partial charge in [0, 0.05) is 32.1 Å². The molecule has 2 fully saturated rings. The van der Waals surface area contributed by atoms with Gasteiger partial charge in [0.1, 0.15) is 0 Å². The Balaban J connectivity index is 1.71. The van der Waals surface area contributed by atoms with Gasteiger partial charge < -0.3 is 10.1 Å². The van der Waals surface area contributed by atoms with Crippen LogP contribution in [0.25, 0.3) is 0 Å². The molecule has 0 aromatic rings. The lowest BCUT2D eigenvalue weighted by atomic mass is 9.86. The maximum absolute atomic E-state index is 12.0. The maximum atomic E-state index is 12.0. The Morgan fingerprint density at radius 2 is 2.28 bits per heavy atom. The van der Waals surface area contributed by atoms with E-state index in [1.54, 1.807) is 7.11 Å². The van der Waals surface area contributed by atoms with Gasteiger partial charge in [-0.25, -0.2) is 0 Å². The molecule has 18 heavy (non-hydrogen) atoms.